The fourth-order valence-electron chi connectivity index (χ4n) is 1.94. The van der Waals surface area contributed by atoms with Crippen LogP contribution in [-0.2, 0) is 9.59 Å². The number of halogens is 2. The SMILES string of the molecule is CN(CC(=O)Nc1cc(F)cc(F)c1)C(=O)C1CSCN1. The van der Waals surface area contributed by atoms with E-state index >= 15 is 0 Å². The summed E-state index contributed by atoms with van der Waals surface area (Å²) in [5.41, 5.74) is 0.0212. The summed E-state index contributed by atoms with van der Waals surface area (Å²) in [5, 5.41) is 5.38. The van der Waals surface area contributed by atoms with Crippen LogP contribution in [0.3, 0.4) is 0 Å². The molecule has 1 heterocycles. The van der Waals surface area contributed by atoms with Gasteiger partial charge in [-0.3, -0.25) is 14.9 Å². The van der Waals surface area contributed by atoms with Crippen LogP contribution in [0.4, 0.5) is 14.5 Å². The van der Waals surface area contributed by atoms with Crippen molar-refractivity contribution >= 4 is 29.3 Å². The summed E-state index contributed by atoms with van der Waals surface area (Å²) in [5.74, 6) is -0.871. The Morgan fingerprint density at radius 2 is 2.05 bits per heavy atom. The second-order valence-electron chi connectivity index (χ2n) is 4.67. The summed E-state index contributed by atoms with van der Waals surface area (Å²) in [6.45, 7) is -0.181. The third kappa shape index (κ3) is 4.40. The van der Waals surface area contributed by atoms with Gasteiger partial charge in [-0.1, -0.05) is 0 Å². The molecule has 0 aliphatic carbocycles. The second-order valence-corrected chi connectivity index (χ2v) is 5.70. The van der Waals surface area contributed by atoms with E-state index in [0.29, 0.717) is 11.6 Å². The van der Waals surface area contributed by atoms with Gasteiger partial charge in [0.05, 0.1) is 12.6 Å². The normalized spacial score (nSPS) is 17.6. The quantitative estimate of drug-likeness (QED) is 0.871. The maximum atomic E-state index is 13.0. The van der Waals surface area contributed by atoms with Crippen molar-refractivity contribution in [2.45, 2.75) is 6.04 Å². The Hall–Kier alpha value is -1.67. The van der Waals surface area contributed by atoms with Crippen molar-refractivity contribution in [2.24, 2.45) is 0 Å². The number of nitrogens with zero attached hydrogens (tertiary/aromatic N) is 1. The Labute approximate surface area is 125 Å². The van der Waals surface area contributed by atoms with Gasteiger partial charge in [0.2, 0.25) is 11.8 Å². The molecule has 8 heteroatoms. The number of carbonyl (C=O) groups is 2. The second kappa shape index (κ2) is 6.86. The molecule has 1 saturated heterocycles. The van der Waals surface area contributed by atoms with Crippen LogP contribution in [0.2, 0.25) is 0 Å². The molecule has 1 aliphatic rings. The minimum Gasteiger partial charge on any atom is -0.335 e. The molecule has 21 heavy (non-hydrogen) atoms. The average Bonchev–Trinajstić information content (AvgIpc) is 2.89. The average molecular weight is 315 g/mol. The van der Waals surface area contributed by atoms with Crippen LogP contribution in [0.25, 0.3) is 0 Å². The highest BCUT2D eigenvalue weighted by atomic mass is 32.2. The highest BCUT2D eigenvalue weighted by Crippen LogP contribution is 2.13. The van der Waals surface area contributed by atoms with Gasteiger partial charge in [0.15, 0.2) is 0 Å². The van der Waals surface area contributed by atoms with E-state index < -0.39 is 17.5 Å². The van der Waals surface area contributed by atoms with E-state index in [0.717, 1.165) is 18.2 Å². The smallest absolute Gasteiger partial charge is 0.243 e. The molecule has 2 amide bonds. The summed E-state index contributed by atoms with van der Waals surface area (Å²) in [7, 11) is 1.51. The topological polar surface area (TPSA) is 61.4 Å². The van der Waals surface area contributed by atoms with Crippen molar-refractivity contribution in [3.63, 3.8) is 0 Å². The Balaban J connectivity index is 1.90. The molecule has 1 aromatic rings. The first kappa shape index (κ1) is 15.7. The van der Waals surface area contributed by atoms with Crippen LogP contribution in [0.15, 0.2) is 18.2 Å². The lowest BCUT2D eigenvalue weighted by Gasteiger charge is -2.20. The number of likely N-dealkylation sites (N-methyl/N-ethyl adjacent to an activating group) is 1. The van der Waals surface area contributed by atoms with Gasteiger partial charge in [0.25, 0.3) is 0 Å². The molecule has 2 N–H and O–H groups in total. The number of rotatable bonds is 4. The molecule has 0 spiro atoms. The van der Waals surface area contributed by atoms with Crippen LogP contribution in [-0.4, -0.2) is 48.0 Å². The molecule has 5 nitrogen and oxygen atoms in total. The van der Waals surface area contributed by atoms with Crippen molar-refractivity contribution in [3.05, 3.63) is 29.8 Å². The Morgan fingerprint density at radius 1 is 1.38 bits per heavy atom. The number of hydrogen-bond acceptors (Lipinski definition) is 4. The first-order chi connectivity index (χ1) is 9.95. The summed E-state index contributed by atoms with van der Waals surface area (Å²) in [4.78, 5) is 25.1. The van der Waals surface area contributed by atoms with Crippen LogP contribution in [0.5, 0.6) is 0 Å². The van der Waals surface area contributed by atoms with E-state index in [1.54, 1.807) is 11.8 Å². The highest BCUT2D eigenvalue weighted by Gasteiger charge is 2.26. The zero-order chi connectivity index (χ0) is 15.4. The highest BCUT2D eigenvalue weighted by molar-refractivity contribution is 7.99. The fraction of sp³-hybridized carbons (Fsp3) is 0.385. The molecule has 0 aromatic heterocycles. The molecule has 1 fully saturated rings. The number of hydrogen-bond donors (Lipinski definition) is 2. The van der Waals surface area contributed by atoms with Crippen LogP contribution in [0, 0.1) is 11.6 Å². The van der Waals surface area contributed by atoms with Crippen molar-refractivity contribution in [1.29, 1.82) is 0 Å². The van der Waals surface area contributed by atoms with Crippen molar-refractivity contribution in [1.82, 2.24) is 10.2 Å². The van der Waals surface area contributed by atoms with E-state index in [9.17, 15) is 18.4 Å². The first-order valence-corrected chi connectivity index (χ1v) is 7.43. The summed E-state index contributed by atoms with van der Waals surface area (Å²) in [6, 6.07) is 2.45. The predicted molar refractivity (Wildman–Crippen MR) is 76.9 cm³/mol. The summed E-state index contributed by atoms with van der Waals surface area (Å²) < 4.78 is 26.0. The Morgan fingerprint density at radius 3 is 2.62 bits per heavy atom. The number of thioether (sulfide) groups is 1. The van der Waals surface area contributed by atoms with Crippen LogP contribution in [0.1, 0.15) is 0 Å². The zero-order valence-electron chi connectivity index (χ0n) is 11.4. The molecule has 1 unspecified atom stereocenters. The van der Waals surface area contributed by atoms with Crippen molar-refractivity contribution in [3.8, 4) is 0 Å². The van der Waals surface area contributed by atoms with Gasteiger partial charge in [0.1, 0.15) is 11.6 Å². The molecule has 0 radical (unpaired) electrons. The maximum absolute atomic E-state index is 13.0. The first-order valence-electron chi connectivity index (χ1n) is 6.28. The Bertz CT molecular complexity index is 530. The number of carbonyl (C=O) groups excluding carboxylic acids is 2. The third-order valence-corrected chi connectivity index (χ3v) is 3.86. The van der Waals surface area contributed by atoms with E-state index in [4.69, 9.17) is 0 Å². The molecule has 1 atom stereocenters. The molecule has 1 aliphatic heterocycles. The van der Waals surface area contributed by atoms with E-state index in [1.165, 1.54) is 11.9 Å². The van der Waals surface area contributed by atoms with Gasteiger partial charge in [-0.05, 0) is 12.1 Å². The summed E-state index contributed by atoms with van der Waals surface area (Å²) >= 11 is 1.61. The van der Waals surface area contributed by atoms with Gasteiger partial charge in [-0.2, -0.15) is 0 Å². The van der Waals surface area contributed by atoms with Crippen LogP contribution < -0.4 is 10.6 Å². The molecule has 114 valence electrons. The third-order valence-electron chi connectivity index (χ3n) is 2.92. The fourth-order valence-corrected chi connectivity index (χ4v) is 2.87. The lowest BCUT2D eigenvalue weighted by atomic mass is 10.3. The standard InChI is InChI=1S/C13H15F2N3O2S/c1-18(13(20)11-6-21-7-16-11)5-12(19)17-10-3-8(14)2-9(15)4-10/h2-4,11,16H,5-7H2,1H3,(H,17,19). The van der Waals surface area contributed by atoms with Gasteiger partial charge in [-0.15, -0.1) is 11.8 Å². The van der Waals surface area contributed by atoms with Gasteiger partial charge in [-0.25, -0.2) is 8.78 Å². The minimum atomic E-state index is -0.776. The molecule has 2 rings (SSSR count). The minimum absolute atomic E-state index is 0.0212. The predicted octanol–water partition coefficient (Wildman–Crippen LogP) is 1.02. The van der Waals surface area contributed by atoms with Crippen molar-refractivity contribution < 1.29 is 18.4 Å². The maximum Gasteiger partial charge on any atom is 0.243 e. The monoisotopic (exact) mass is 315 g/mol. The lowest BCUT2D eigenvalue weighted by Crippen LogP contribution is -2.45. The summed E-state index contributed by atoms with van der Waals surface area (Å²) in [6.07, 6.45) is 0. The lowest BCUT2D eigenvalue weighted by molar-refractivity contribution is -0.134. The van der Waals surface area contributed by atoms with Gasteiger partial charge < -0.3 is 10.2 Å². The molecule has 0 saturated carbocycles. The number of amides is 2. The number of anilines is 1. The van der Waals surface area contributed by atoms with Crippen molar-refractivity contribution in [2.75, 3.05) is 30.5 Å². The molecular formula is C13H15F2N3O2S. The number of benzene rings is 1. The van der Waals surface area contributed by atoms with Gasteiger partial charge in [0, 0.05) is 30.4 Å². The largest absolute Gasteiger partial charge is 0.335 e. The Kier molecular flexibility index (Phi) is 5.13. The van der Waals surface area contributed by atoms with Crippen LogP contribution >= 0.6 is 11.8 Å². The van der Waals surface area contributed by atoms with E-state index in [2.05, 4.69) is 10.6 Å². The van der Waals surface area contributed by atoms with Gasteiger partial charge >= 0.3 is 0 Å². The zero-order valence-corrected chi connectivity index (χ0v) is 12.2. The van der Waals surface area contributed by atoms with E-state index in [-0.39, 0.29) is 24.2 Å². The molecule has 0 bridgehead atoms. The molecular weight excluding hydrogens is 300 g/mol. The number of nitrogens with one attached hydrogen (secondary N) is 2. The van der Waals surface area contributed by atoms with E-state index in [1.807, 2.05) is 0 Å². The molecule has 1 aromatic carbocycles.